The summed E-state index contributed by atoms with van der Waals surface area (Å²) >= 11 is 7.09. The maximum Gasteiger partial charge on any atom is 0.337 e. The van der Waals surface area contributed by atoms with Crippen LogP contribution in [0.5, 0.6) is 11.5 Å². The molecule has 112 valence electrons. The van der Waals surface area contributed by atoms with E-state index in [1.54, 1.807) is 12.3 Å². The van der Waals surface area contributed by atoms with Gasteiger partial charge in [0, 0.05) is 23.2 Å². The summed E-state index contributed by atoms with van der Waals surface area (Å²) < 4.78 is 10.7. The van der Waals surface area contributed by atoms with Crippen molar-refractivity contribution in [3.05, 3.63) is 33.2 Å². The molecule has 0 aliphatic carbocycles. The van der Waals surface area contributed by atoms with Crippen molar-refractivity contribution >= 4 is 34.6 Å². The lowest BCUT2D eigenvalue weighted by Crippen LogP contribution is -2.07. The van der Waals surface area contributed by atoms with Gasteiger partial charge in [0.15, 0.2) is 16.0 Å². The van der Waals surface area contributed by atoms with Crippen LogP contribution in [0.15, 0.2) is 18.3 Å². The Balaban J connectivity index is 2.29. The van der Waals surface area contributed by atoms with E-state index in [2.05, 4.69) is 10.3 Å². The third-order valence-corrected chi connectivity index (χ3v) is 3.85. The number of aromatic carboxylic acids is 1. The number of aromatic nitrogens is 1. The van der Waals surface area contributed by atoms with Gasteiger partial charge in [0.2, 0.25) is 0 Å². The lowest BCUT2D eigenvalue weighted by atomic mass is 10.1. The molecule has 2 aromatic rings. The summed E-state index contributed by atoms with van der Waals surface area (Å²) in [4.78, 5) is 16.2. The van der Waals surface area contributed by atoms with E-state index in [0.717, 1.165) is 4.88 Å². The monoisotopic (exact) mass is 328 g/mol. The first-order valence-corrected chi connectivity index (χ1v) is 7.08. The van der Waals surface area contributed by atoms with Crippen molar-refractivity contribution in [2.75, 3.05) is 19.5 Å². The molecule has 2 N–H and O–H groups in total. The number of nitrogens with zero attached hydrogens (tertiary/aromatic N) is 1. The van der Waals surface area contributed by atoms with Gasteiger partial charge in [-0.25, -0.2) is 9.78 Å². The van der Waals surface area contributed by atoms with Crippen LogP contribution in [0.3, 0.4) is 0 Å². The highest BCUT2D eigenvalue weighted by Crippen LogP contribution is 2.33. The number of ether oxygens (including phenoxy) is 2. The first-order chi connectivity index (χ1) is 10.0. The van der Waals surface area contributed by atoms with Crippen LogP contribution < -0.4 is 14.8 Å². The van der Waals surface area contributed by atoms with Crippen molar-refractivity contribution in [1.82, 2.24) is 4.98 Å². The second-order valence-corrected chi connectivity index (χ2v) is 5.69. The maximum absolute atomic E-state index is 11.3. The van der Waals surface area contributed by atoms with Gasteiger partial charge in [-0.2, -0.15) is 0 Å². The fourth-order valence-electron chi connectivity index (χ4n) is 1.75. The Labute approximate surface area is 130 Å². The van der Waals surface area contributed by atoms with Crippen molar-refractivity contribution in [3.63, 3.8) is 0 Å². The number of benzene rings is 1. The van der Waals surface area contributed by atoms with Crippen LogP contribution in [-0.4, -0.2) is 30.3 Å². The molecule has 0 spiro atoms. The summed E-state index contributed by atoms with van der Waals surface area (Å²) in [6, 6.07) is 3.01. The van der Waals surface area contributed by atoms with E-state index in [4.69, 9.17) is 21.1 Å². The molecule has 6 nitrogen and oxygen atoms in total. The number of rotatable bonds is 6. The Morgan fingerprint density at radius 1 is 1.38 bits per heavy atom. The van der Waals surface area contributed by atoms with Gasteiger partial charge in [0.25, 0.3) is 0 Å². The molecule has 1 aromatic carbocycles. The number of carboxylic acids is 1. The Hall–Kier alpha value is -1.99. The second-order valence-electron chi connectivity index (χ2n) is 3.99. The first-order valence-electron chi connectivity index (χ1n) is 5.88. The number of carbonyl (C=O) groups is 1. The molecule has 0 unspecified atom stereocenters. The average Bonchev–Trinajstić information content (AvgIpc) is 2.89. The second kappa shape index (κ2) is 6.64. The molecule has 0 fully saturated rings. The molecule has 1 aromatic heterocycles. The standard InChI is InChI=1S/C13H13ClN2O4S/c1-19-10-3-8(12(17)18)9(4-11(10)20-2)15-5-7-6-16-13(14)21-7/h3-4,6,15H,5H2,1-2H3,(H,17,18). The van der Waals surface area contributed by atoms with E-state index in [1.807, 2.05) is 0 Å². The van der Waals surface area contributed by atoms with Gasteiger partial charge in [-0.15, -0.1) is 11.3 Å². The normalized spacial score (nSPS) is 10.2. The highest BCUT2D eigenvalue weighted by atomic mass is 35.5. The van der Waals surface area contributed by atoms with Crippen LogP contribution in [-0.2, 0) is 6.54 Å². The number of methoxy groups -OCH3 is 2. The van der Waals surface area contributed by atoms with Crippen LogP contribution in [0.25, 0.3) is 0 Å². The molecule has 8 heteroatoms. The van der Waals surface area contributed by atoms with Crippen molar-refractivity contribution in [3.8, 4) is 11.5 Å². The summed E-state index contributed by atoms with van der Waals surface area (Å²) in [6.45, 7) is 0.417. The number of hydrogen-bond acceptors (Lipinski definition) is 6. The van der Waals surface area contributed by atoms with Gasteiger partial charge >= 0.3 is 5.97 Å². The maximum atomic E-state index is 11.3. The minimum atomic E-state index is -1.05. The van der Waals surface area contributed by atoms with Gasteiger partial charge in [-0.05, 0) is 0 Å². The molecule has 2 rings (SSSR count). The molecule has 0 amide bonds. The topological polar surface area (TPSA) is 80.7 Å². The number of nitrogens with one attached hydrogen (secondary N) is 1. The highest BCUT2D eigenvalue weighted by Gasteiger charge is 2.16. The molecule has 0 saturated heterocycles. The number of carboxylic acid groups (broad SMARTS) is 1. The predicted molar refractivity (Wildman–Crippen MR) is 81.0 cm³/mol. The van der Waals surface area contributed by atoms with Crippen molar-refractivity contribution in [2.45, 2.75) is 6.54 Å². The minimum Gasteiger partial charge on any atom is -0.493 e. The number of hydrogen-bond donors (Lipinski definition) is 2. The summed E-state index contributed by atoms with van der Waals surface area (Å²) in [5.74, 6) is -0.241. The van der Waals surface area contributed by atoms with Crippen LogP contribution in [0.4, 0.5) is 5.69 Å². The van der Waals surface area contributed by atoms with Gasteiger partial charge in [0.1, 0.15) is 0 Å². The molecular weight excluding hydrogens is 316 g/mol. The predicted octanol–water partition coefficient (Wildman–Crippen LogP) is 3.12. The molecule has 0 aliphatic heterocycles. The zero-order chi connectivity index (χ0) is 15.4. The van der Waals surface area contributed by atoms with E-state index < -0.39 is 5.97 Å². The molecule has 21 heavy (non-hydrogen) atoms. The Morgan fingerprint density at radius 2 is 2.05 bits per heavy atom. The van der Waals surface area contributed by atoms with Gasteiger partial charge in [-0.1, -0.05) is 11.6 Å². The molecule has 0 saturated carbocycles. The number of halogens is 1. The summed E-state index contributed by atoms with van der Waals surface area (Å²) in [5, 5.41) is 12.3. The Bertz CT molecular complexity index is 660. The van der Waals surface area contributed by atoms with Crippen LogP contribution >= 0.6 is 22.9 Å². The zero-order valence-corrected chi connectivity index (χ0v) is 12.9. The number of anilines is 1. The fraction of sp³-hybridized carbons (Fsp3) is 0.231. The SMILES string of the molecule is COc1cc(NCc2cnc(Cl)s2)c(C(=O)O)cc1OC. The summed E-state index contributed by atoms with van der Waals surface area (Å²) in [5.41, 5.74) is 0.535. The van der Waals surface area contributed by atoms with Crippen LogP contribution in [0.1, 0.15) is 15.2 Å². The molecule has 0 radical (unpaired) electrons. The average molecular weight is 329 g/mol. The Kier molecular flexibility index (Phi) is 4.87. The van der Waals surface area contributed by atoms with E-state index >= 15 is 0 Å². The quantitative estimate of drug-likeness (QED) is 0.848. The van der Waals surface area contributed by atoms with Crippen molar-refractivity contribution < 1.29 is 19.4 Å². The lowest BCUT2D eigenvalue weighted by molar-refractivity contribution is 0.0697. The van der Waals surface area contributed by atoms with Gasteiger partial charge < -0.3 is 19.9 Å². The van der Waals surface area contributed by atoms with E-state index in [9.17, 15) is 9.90 Å². The summed E-state index contributed by atoms with van der Waals surface area (Å²) in [7, 11) is 2.95. The molecular formula is C13H13ClN2O4S. The van der Waals surface area contributed by atoms with E-state index in [-0.39, 0.29) is 5.56 Å². The smallest absolute Gasteiger partial charge is 0.337 e. The molecule has 0 atom stereocenters. The largest absolute Gasteiger partial charge is 0.493 e. The zero-order valence-electron chi connectivity index (χ0n) is 11.3. The third kappa shape index (κ3) is 3.56. The first kappa shape index (κ1) is 15.4. The lowest BCUT2D eigenvalue weighted by Gasteiger charge is -2.13. The van der Waals surface area contributed by atoms with Crippen LogP contribution in [0.2, 0.25) is 4.47 Å². The highest BCUT2D eigenvalue weighted by molar-refractivity contribution is 7.15. The molecule has 0 aliphatic rings. The number of thiazole rings is 1. The molecule has 1 heterocycles. The molecule has 0 bridgehead atoms. The van der Waals surface area contributed by atoms with Gasteiger partial charge in [0.05, 0.1) is 32.0 Å². The third-order valence-electron chi connectivity index (χ3n) is 2.73. The summed E-state index contributed by atoms with van der Waals surface area (Å²) in [6.07, 6.45) is 1.64. The van der Waals surface area contributed by atoms with Crippen LogP contribution in [0, 0.1) is 0 Å². The van der Waals surface area contributed by atoms with E-state index in [0.29, 0.717) is 28.2 Å². The minimum absolute atomic E-state index is 0.100. The fourth-order valence-corrected chi connectivity index (χ4v) is 2.67. The van der Waals surface area contributed by atoms with E-state index in [1.165, 1.54) is 31.6 Å². The van der Waals surface area contributed by atoms with Crippen molar-refractivity contribution in [2.24, 2.45) is 0 Å². The van der Waals surface area contributed by atoms with Gasteiger partial charge in [-0.3, -0.25) is 0 Å². The van der Waals surface area contributed by atoms with Crippen molar-refractivity contribution in [1.29, 1.82) is 0 Å². The Morgan fingerprint density at radius 3 is 2.57 bits per heavy atom.